The second-order valence-corrected chi connectivity index (χ2v) is 6.56. The van der Waals surface area contributed by atoms with Gasteiger partial charge in [-0.05, 0) is 48.9 Å². The first-order chi connectivity index (χ1) is 11.5. The van der Waals surface area contributed by atoms with Gasteiger partial charge >= 0.3 is 0 Å². The average molecular weight is 369 g/mol. The lowest BCUT2D eigenvalue weighted by Gasteiger charge is -2.17. The van der Waals surface area contributed by atoms with E-state index in [0.717, 1.165) is 18.0 Å². The number of rotatable bonds is 8. The van der Waals surface area contributed by atoms with Gasteiger partial charge in [0, 0.05) is 18.3 Å². The molecule has 0 heterocycles. The number of ether oxygens (including phenoxy) is 1. The van der Waals surface area contributed by atoms with E-state index in [9.17, 15) is 0 Å². The van der Waals surface area contributed by atoms with Gasteiger partial charge in [-0.15, -0.1) is 0 Å². The van der Waals surface area contributed by atoms with Crippen molar-refractivity contribution < 1.29 is 4.74 Å². The fourth-order valence-corrected chi connectivity index (χ4v) is 2.44. The van der Waals surface area contributed by atoms with Crippen LogP contribution >= 0.6 is 24.4 Å². The first kappa shape index (κ1) is 20.4. The summed E-state index contributed by atoms with van der Waals surface area (Å²) >= 11 is 10.5. The molecule has 0 fully saturated rings. The molecule has 0 radical (unpaired) electrons. The molecule has 4 N–H and O–H groups in total. The normalized spacial score (nSPS) is 11.3. The zero-order chi connectivity index (χ0) is 17.8. The van der Waals surface area contributed by atoms with E-state index in [1.165, 1.54) is 25.7 Å². The number of nitrogens with one attached hydrogen (secondary N) is 4. The minimum atomic E-state index is 0.434. The Morgan fingerprint density at radius 1 is 1.17 bits per heavy atom. The average Bonchev–Trinajstić information content (AvgIpc) is 2.58. The lowest BCUT2D eigenvalue weighted by molar-refractivity contribution is 0.415. The number of hydrogen-bond acceptors (Lipinski definition) is 3. The molecule has 1 atom stereocenters. The molecule has 0 spiro atoms. The van der Waals surface area contributed by atoms with E-state index in [0.29, 0.717) is 16.1 Å². The van der Waals surface area contributed by atoms with E-state index in [1.54, 1.807) is 7.11 Å². The molecule has 1 rings (SSSR count). The number of anilines is 1. The molecule has 0 aromatic heterocycles. The Labute approximate surface area is 155 Å². The van der Waals surface area contributed by atoms with Crippen LogP contribution in [0.15, 0.2) is 24.3 Å². The molecule has 0 saturated carbocycles. The molecule has 0 aliphatic carbocycles. The van der Waals surface area contributed by atoms with Crippen molar-refractivity contribution in [1.82, 2.24) is 16.2 Å². The summed E-state index contributed by atoms with van der Waals surface area (Å²) in [5.41, 5.74) is 6.60. The Kier molecular flexibility index (Phi) is 10.1. The summed E-state index contributed by atoms with van der Waals surface area (Å²) in [7, 11) is 1.63. The monoisotopic (exact) mass is 368 g/mol. The van der Waals surface area contributed by atoms with Gasteiger partial charge < -0.3 is 15.4 Å². The van der Waals surface area contributed by atoms with Crippen LogP contribution in [0.3, 0.4) is 0 Å². The third-order valence-electron chi connectivity index (χ3n) is 3.53. The van der Waals surface area contributed by atoms with Crippen molar-refractivity contribution in [2.75, 3.05) is 19.0 Å². The van der Waals surface area contributed by atoms with Crippen molar-refractivity contribution in [1.29, 1.82) is 0 Å². The van der Waals surface area contributed by atoms with Gasteiger partial charge in [0.05, 0.1) is 7.11 Å². The molecule has 0 unspecified atom stereocenters. The lowest BCUT2D eigenvalue weighted by atomic mass is 10.0. The van der Waals surface area contributed by atoms with Crippen molar-refractivity contribution in [2.45, 2.75) is 39.5 Å². The topological polar surface area (TPSA) is 57.3 Å². The number of benzene rings is 1. The minimum Gasteiger partial charge on any atom is -0.497 e. The predicted octanol–water partition coefficient (Wildman–Crippen LogP) is 3.58. The van der Waals surface area contributed by atoms with Crippen LogP contribution in [-0.4, -0.2) is 23.9 Å². The van der Waals surface area contributed by atoms with Crippen LogP contribution in [0, 0.1) is 5.92 Å². The molecular weight excluding hydrogens is 340 g/mol. The van der Waals surface area contributed by atoms with Gasteiger partial charge in [0.15, 0.2) is 10.2 Å². The van der Waals surface area contributed by atoms with Crippen molar-refractivity contribution in [2.24, 2.45) is 5.92 Å². The molecule has 0 aliphatic rings. The summed E-state index contributed by atoms with van der Waals surface area (Å²) < 4.78 is 5.17. The highest BCUT2D eigenvalue weighted by molar-refractivity contribution is 7.80. The Morgan fingerprint density at radius 2 is 1.92 bits per heavy atom. The Balaban J connectivity index is 2.22. The van der Waals surface area contributed by atoms with E-state index < -0.39 is 0 Å². The van der Waals surface area contributed by atoms with Gasteiger partial charge in [0.2, 0.25) is 0 Å². The van der Waals surface area contributed by atoms with Crippen LogP contribution in [0.1, 0.15) is 39.5 Å². The van der Waals surface area contributed by atoms with Crippen molar-refractivity contribution in [3.8, 4) is 5.75 Å². The van der Waals surface area contributed by atoms with Gasteiger partial charge in [0.1, 0.15) is 5.75 Å². The number of thiocarbonyl (C=S) groups is 2. The lowest BCUT2D eigenvalue weighted by Crippen LogP contribution is -2.48. The maximum absolute atomic E-state index is 5.24. The van der Waals surface area contributed by atoms with E-state index in [1.807, 2.05) is 24.3 Å². The Bertz CT molecular complexity index is 525. The van der Waals surface area contributed by atoms with Crippen LogP contribution in [0.5, 0.6) is 5.75 Å². The fourth-order valence-electron chi connectivity index (χ4n) is 2.13. The number of hydrazine groups is 1. The van der Waals surface area contributed by atoms with Crippen molar-refractivity contribution in [3.63, 3.8) is 0 Å². The molecule has 0 amide bonds. The summed E-state index contributed by atoms with van der Waals surface area (Å²) in [4.78, 5) is 0. The largest absolute Gasteiger partial charge is 0.497 e. The molecule has 24 heavy (non-hydrogen) atoms. The van der Waals surface area contributed by atoms with Crippen molar-refractivity contribution in [3.05, 3.63) is 24.3 Å². The summed E-state index contributed by atoms with van der Waals surface area (Å²) in [5.74, 6) is 1.36. The minimum absolute atomic E-state index is 0.434. The van der Waals surface area contributed by atoms with Crippen molar-refractivity contribution >= 4 is 40.3 Å². The molecular formula is C17H28N4OS2. The van der Waals surface area contributed by atoms with Gasteiger partial charge in [-0.3, -0.25) is 10.9 Å². The van der Waals surface area contributed by atoms with Crippen LogP contribution in [0.25, 0.3) is 0 Å². The molecule has 0 aliphatic heterocycles. The summed E-state index contributed by atoms with van der Waals surface area (Å²) in [6.45, 7) is 5.30. The molecule has 0 saturated heterocycles. The highest BCUT2D eigenvalue weighted by Crippen LogP contribution is 2.16. The summed E-state index contributed by atoms with van der Waals surface area (Å²) in [6, 6.07) is 7.54. The highest BCUT2D eigenvalue weighted by Gasteiger charge is 2.04. The molecule has 0 bridgehead atoms. The first-order valence-electron chi connectivity index (χ1n) is 8.30. The third kappa shape index (κ3) is 8.88. The van der Waals surface area contributed by atoms with Crippen LogP contribution in [0.2, 0.25) is 0 Å². The molecule has 134 valence electrons. The maximum atomic E-state index is 5.24. The van der Waals surface area contributed by atoms with Gasteiger partial charge in [0.25, 0.3) is 0 Å². The number of methoxy groups -OCH3 is 1. The van der Waals surface area contributed by atoms with E-state index in [2.05, 4.69) is 35.3 Å². The number of unbranched alkanes of at least 4 members (excludes halogenated alkanes) is 2. The fraction of sp³-hybridized carbons (Fsp3) is 0.529. The SMILES string of the molecule is CCCCC[C@@H](C)CNC(=S)NNC(=S)Nc1cccc(OC)c1. The van der Waals surface area contributed by atoms with Gasteiger partial charge in [-0.25, -0.2) is 0 Å². The van der Waals surface area contributed by atoms with Crippen LogP contribution in [0.4, 0.5) is 5.69 Å². The van der Waals surface area contributed by atoms with Crippen LogP contribution < -0.4 is 26.2 Å². The third-order valence-corrected chi connectivity index (χ3v) is 3.98. The predicted molar refractivity (Wildman–Crippen MR) is 109 cm³/mol. The zero-order valence-corrected chi connectivity index (χ0v) is 16.3. The second kappa shape index (κ2) is 11.9. The van der Waals surface area contributed by atoms with Gasteiger partial charge in [-0.2, -0.15) is 0 Å². The van der Waals surface area contributed by atoms with E-state index in [-0.39, 0.29) is 0 Å². The number of hydrogen-bond donors (Lipinski definition) is 4. The first-order valence-corrected chi connectivity index (χ1v) is 9.11. The molecule has 1 aromatic rings. The summed E-state index contributed by atoms with van der Waals surface area (Å²) in [5, 5.41) is 7.23. The second-order valence-electron chi connectivity index (χ2n) is 5.75. The smallest absolute Gasteiger partial charge is 0.189 e. The highest BCUT2D eigenvalue weighted by atomic mass is 32.1. The standard InChI is InChI=1S/C17H28N4OS2/c1-4-5-6-8-13(2)12-18-16(23)20-21-17(24)19-14-9-7-10-15(11-14)22-3/h7,9-11,13H,4-6,8,12H2,1-3H3,(H2,18,20,23)(H2,19,21,24)/t13-/m1/s1. The van der Waals surface area contributed by atoms with E-state index in [4.69, 9.17) is 29.2 Å². The quantitative estimate of drug-likeness (QED) is 0.318. The molecule has 5 nitrogen and oxygen atoms in total. The van der Waals surface area contributed by atoms with Gasteiger partial charge in [-0.1, -0.05) is 39.2 Å². The molecule has 7 heteroatoms. The van der Waals surface area contributed by atoms with E-state index >= 15 is 0 Å². The maximum Gasteiger partial charge on any atom is 0.189 e. The summed E-state index contributed by atoms with van der Waals surface area (Å²) in [6.07, 6.45) is 5.03. The Hall–Kier alpha value is -1.60. The van der Waals surface area contributed by atoms with Crippen LogP contribution in [-0.2, 0) is 0 Å². The zero-order valence-electron chi connectivity index (χ0n) is 14.6. The Morgan fingerprint density at radius 3 is 2.62 bits per heavy atom. The molecule has 1 aromatic carbocycles.